The van der Waals surface area contributed by atoms with Gasteiger partial charge in [-0.05, 0) is 35.4 Å². The molecule has 2 N–H and O–H groups in total. The van der Waals surface area contributed by atoms with Crippen LogP contribution in [0, 0.1) is 11.6 Å². The summed E-state index contributed by atoms with van der Waals surface area (Å²) in [5.41, 5.74) is 9.59. The Hall–Kier alpha value is -4.86. The van der Waals surface area contributed by atoms with Crippen molar-refractivity contribution in [2.24, 2.45) is 0 Å². The van der Waals surface area contributed by atoms with Crippen LogP contribution in [0.4, 0.5) is 14.7 Å². The van der Waals surface area contributed by atoms with Gasteiger partial charge in [-0.2, -0.15) is 5.10 Å². The molecule has 10 heteroatoms. The fourth-order valence-corrected chi connectivity index (χ4v) is 4.12. The summed E-state index contributed by atoms with van der Waals surface area (Å²) in [5, 5.41) is 4.51. The van der Waals surface area contributed by atoms with Gasteiger partial charge in [-0.15, -0.1) is 0 Å². The molecule has 0 spiro atoms. The number of halogens is 2. The van der Waals surface area contributed by atoms with Gasteiger partial charge in [-0.3, -0.25) is 4.79 Å². The van der Waals surface area contributed by atoms with Gasteiger partial charge >= 0.3 is 5.97 Å². The predicted octanol–water partition coefficient (Wildman–Crippen LogP) is 4.00. The Labute approximate surface area is 209 Å². The van der Waals surface area contributed by atoms with E-state index < -0.39 is 17.6 Å². The monoisotopic (exact) mass is 501 g/mol. The standard InChI is InChI=1S/C27H21F2N5O3/c1-37-26(36)19-7-3-5-17(11-19)15-34-25(35)9-8-22(32-34)18-6-2-4-16(10-18)14-33-24-13-21(29)20(28)12-23(24)31-27(33)30/h2-13H,14-15H2,1H3,(H2,30,31). The van der Waals surface area contributed by atoms with Crippen molar-refractivity contribution in [3.63, 3.8) is 0 Å². The molecule has 2 aromatic heterocycles. The fourth-order valence-electron chi connectivity index (χ4n) is 4.12. The van der Waals surface area contributed by atoms with Crippen LogP contribution < -0.4 is 11.3 Å². The zero-order chi connectivity index (χ0) is 26.1. The minimum absolute atomic E-state index is 0.131. The lowest BCUT2D eigenvalue weighted by Gasteiger charge is -2.11. The van der Waals surface area contributed by atoms with Gasteiger partial charge in [0.05, 0.1) is 42.5 Å². The number of nitrogens with two attached hydrogens (primary N) is 1. The van der Waals surface area contributed by atoms with Crippen molar-refractivity contribution in [3.05, 3.63) is 111 Å². The number of esters is 1. The van der Waals surface area contributed by atoms with Crippen molar-refractivity contribution in [1.29, 1.82) is 0 Å². The van der Waals surface area contributed by atoms with E-state index >= 15 is 0 Å². The Morgan fingerprint density at radius 2 is 1.68 bits per heavy atom. The Morgan fingerprint density at radius 3 is 2.46 bits per heavy atom. The molecule has 0 aliphatic carbocycles. The van der Waals surface area contributed by atoms with Gasteiger partial charge < -0.3 is 15.0 Å². The van der Waals surface area contributed by atoms with Gasteiger partial charge in [-0.1, -0.05) is 30.3 Å². The van der Waals surface area contributed by atoms with E-state index in [2.05, 4.69) is 10.1 Å². The summed E-state index contributed by atoms with van der Waals surface area (Å²) in [7, 11) is 1.31. The van der Waals surface area contributed by atoms with Crippen LogP contribution in [-0.2, 0) is 17.8 Å². The van der Waals surface area contributed by atoms with Gasteiger partial charge in [0.25, 0.3) is 5.56 Å². The van der Waals surface area contributed by atoms with Crippen LogP contribution in [0.15, 0.2) is 77.6 Å². The summed E-state index contributed by atoms with van der Waals surface area (Å²) in [4.78, 5) is 28.5. The Balaban J connectivity index is 1.45. The molecule has 186 valence electrons. The quantitative estimate of drug-likeness (QED) is 0.353. The summed E-state index contributed by atoms with van der Waals surface area (Å²) in [6, 6.07) is 19.4. The number of nitrogen functional groups attached to an aromatic ring is 1. The summed E-state index contributed by atoms with van der Waals surface area (Å²) in [5.74, 6) is -2.30. The van der Waals surface area contributed by atoms with Crippen LogP contribution in [0.3, 0.4) is 0 Å². The molecule has 0 saturated heterocycles. The van der Waals surface area contributed by atoms with Gasteiger partial charge in [0.2, 0.25) is 5.95 Å². The topological polar surface area (TPSA) is 105 Å². The van der Waals surface area contributed by atoms with Crippen molar-refractivity contribution < 1.29 is 18.3 Å². The van der Waals surface area contributed by atoms with E-state index in [1.165, 1.54) is 17.9 Å². The third-order valence-corrected chi connectivity index (χ3v) is 5.93. The number of carbonyl (C=O) groups excluding carboxylic acids is 1. The molecule has 2 heterocycles. The third kappa shape index (κ3) is 4.81. The number of anilines is 1. The van der Waals surface area contributed by atoms with Gasteiger partial charge in [0.15, 0.2) is 11.6 Å². The van der Waals surface area contributed by atoms with Crippen LogP contribution in [0.1, 0.15) is 21.5 Å². The van der Waals surface area contributed by atoms with Crippen molar-refractivity contribution in [2.45, 2.75) is 13.1 Å². The lowest BCUT2D eigenvalue weighted by molar-refractivity contribution is 0.0600. The minimum atomic E-state index is -0.989. The highest BCUT2D eigenvalue weighted by Crippen LogP contribution is 2.24. The van der Waals surface area contributed by atoms with Crippen LogP contribution in [0.25, 0.3) is 22.3 Å². The van der Waals surface area contributed by atoms with Crippen molar-refractivity contribution in [1.82, 2.24) is 19.3 Å². The first-order valence-corrected chi connectivity index (χ1v) is 11.3. The number of rotatable bonds is 6. The number of imidazole rings is 1. The number of ether oxygens (including phenoxy) is 1. The first kappa shape index (κ1) is 23.9. The number of fused-ring (bicyclic) bond motifs is 1. The van der Waals surface area contributed by atoms with E-state index in [0.717, 1.165) is 28.8 Å². The number of methoxy groups -OCH3 is 1. The highest BCUT2D eigenvalue weighted by atomic mass is 19.2. The lowest BCUT2D eigenvalue weighted by atomic mass is 10.1. The second kappa shape index (κ2) is 9.65. The fraction of sp³-hybridized carbons (Fsp3) is 0.111. The molecule has 0 saturated carbocycles. The van der Waals surface area contributed by atoms with Gasteiger partial charge in [0, 0.05) is 23.8 Å². The van der Waals surface area contributed by atoms with Gasteiger partial charge in [-0.25, -0.2) is 23.2 Å². The second-order valence-corrected chi connectivity index (χ2v) is 8.42. The zero-order valence-corrected chi connectivity index (χ0v) is 19.7. The summed E-state index contributed by atoms with van der Waals surface area (Å²) >= 11 is 0. The molecular formula is C27H21F2N5O3. The maximum atomic E-state index is 13.9. The molecule has 0 amide bonds. The smallest absolute Gasteiger partial charge is 0.337 e. The molecule has 0 bridgehead atoms. The van der Waals surface area contributed by atoms with E-state index in [1.54, 1.807) is 34.9 Å². The molecular weight excluding hydrogens is 480 g/mol. The molecule has 0 atom stereocenters. The first-order valence-electron chi connectivity index (χ1n) is 11.3. The number of aromatic nitrogens is 4. The summed E-state index contributed by atoms with van der Waals surface area (Å²) in [6.07, 6.45) is 0. The van der Waals surface area contributed by atoms with E-state index in [0.29, 0.717) is 16.8 Å². The molecule has 8 nitrogen and oxygen atoms in total. The number of carbonyl (C=O) groups is 1. The Morgan fingerprint density at radius 1 is 0.946 bits per heavy atom. The van der Waals surface area contributed by atoms with Crippen molar-refractivity contribution >= 4 is 23.0 Å². The maximum Gasteiger partial charge on any atom is 0.337 e. The SMILES string of the molecule is COC(=O)c1cccc(Cn2nc(-c3cccc(Cn4c(N)nc5cc(F)c(F)cc54)c3)ccc2=O)c1. The van der Waals surface area contributed by atoms with Crippen LogP contribution in [-0.4, -0.2) is 32.4 Å². The molecule has 0 unspecified atom stereocenters. The summed E-state index contributed by atoms with van der Waals surface area (Å²) < 4.78 is 35.1. The molecule has 0 fully saturated rings. The van der Waals surface area contributed by atoms with Crippen LogP contribution >= 0.6 is 0 Å². The third-order valence-electron chi connectivity index (χ3n) is 5.93. The summed E-state index contributed by atoms with van der Waals surface area (Å²) in [6.45, 7) is 0.429. The van der Waals surface area contributed by atoms with Crippen LogP contribution in [0.5, 0.6) is 0 Å². The van der Waals surface area contributed by atoms with E-state index in [1.807, 2.05) is 24.3 Å². The molecule has 0 aliphatic rings. The first-order chi connectivity index (χ1) is 17.8. The zero-order valence-electron chi connectivity index (χ0n) is 19.7. The average molecular weight is 501 g/mol. The highest BCUT2D eigenvalue weighted by molar-refractivity contribution is 5.89. The number of hydrogen-bond acceptors (Lipinski definition) is 6. The number of hydrogen-bond donors (Lipinski definition) is 1. The lowest BCUT2D eigenvalue weighted by Crippen LogP contribution is -2.23. The van der Waals surface area contributed by atoms with E-state index in [9.17, 15) is 18.4 Å². The van der Waals surface area contributed by atoms with Gasteiger partial charge in [0.1, 0.15) is 0 Å². The molecule has 5 aromatic rings. The highest BCUT2D eigenvalue weighted by Gasteiger charge is 2.14. The molecule has 5 rings (SSSR count). The number of nitrogens with zero attached hydrogens (tertiary/aromatic N) is 4. The second-order valence-electron chi connectivity index (χ2n) is 8.42. The number of benzene rings is 3. The average Bonchev–Trinajstić information content (AvgIpc) is 3.19. The predicted molar refractivity (Wildman–Crippen MR) is 134 cm³/mol. The minimum Gasteiger partial charge on any atom is -0.465 e. The molecule has 0 aliphatic heterocycles. The maximum absolute atomic E-state index is 13.9. The largest absolute Gasteiger partial charge is 0.465 e. The van der Waals surface area contributed by atoms with E-state index in [4.69, 9.17) is 10.5 Å². The molecule has 3 aromatic carbocycles. The van der Waals surface area contributed by atoms with Crippen molar-refractivity contribution in [3.8, 4) is 11.3 Å². The Bertz CT molecular complexity index is 1710. The van der Waals surface area contributed by atoms with Crippen molar-refractivity contribution in [2.75, 3.05) is 12.8 Å². The van der Waals surface area contributed by atoms with E-state index in [-0.39, 0.29) is 30.1 Å². The normalized spacial score (nSPS) is 11.1. The molecule has 0 radical (unpaired) electrons. The Kier molecular flexibility index (Phi) is 6.22. The van der Waals surface area contributed by atoms with Crippen LogP contribution in [0.2, 0.25) is 0 Å². The molecule has 37 heavy (non-hydrogen) atoms.